The quantitative estimate of drug-likeness (QED) is 0.356. The number of benzene rings is 3. The molecule has 0 saturated carbocycles. The average Bonchev–Trinajstić information content (AvgIpc) is 3.11. The van der Waals surface area contributed by atoms with Gasteiger partial charge >= 0.3 is 0 Å². The molecule has 0 amide bonds. The van der Waals surface area contributed by atoms with Crippen molar-refractivity contribution < 1.29 is 0 Å². The highest BCUT2D eigenvalue weighted by Gasteiger charge is 2.21. The molecule has 2 nitrogen and oxygen atoms in total. The molecule has 128 valence electrons. The second-order valence-corrected chi connectivity index (χ2v) is 7.54. The van der Waals surface area contributed by atoms with Gasteiger partial charge in [-0.3, -0.25) is 0 Å². The summed E-state index contributed by atoms with van der Waals surface area (Å²) < 4.78 is 3.51. The Bertz CT molecular complexity index is 938. The third-order valence-electron chi connectivity index (χ3n) is 4.51. The van der Waals surface area contributed by atoms with E-state index in [1.165, 1.54) is 20.3 Å². The Morgan fingerprint density at radius 2 is 1.46 bits per heavy atom. The predicted molar refractivity (Wildman–Crippen MR) is 114 cm³/mol. The fourth-order valence-electron chi connectivity index (χ4n) is 3.33. The molecule has 26 heavy (non-hydrogen) atoms. The van der Waals surface area contributed by atoms with E-state index in [1.807, 2.05) is 6.20 Å². The Balaban J connectivity index is 1.77. The Hall–Kier alpha value is -2.40. The number of hydrogen-bond acceptors (Lipinski definition) is 1. The van der Waals surface area contributed by atoms with Crippen LogP contribution >= 0.6 is 22.6 Å². The molecule has 0 bridgehead atoms. The van der Waals surface area contributed by atoms with Crippen LogP contribution in [0.1, 0.15) is 28.4 Å². The first-order chi connectivity index (χ1) is 12.8. The van der Waals surface area contributed by atoms with Crippen LogP contribution in [0.4, 0.5) is 0 Å². The van der Waals surface area contributed by atoms with Gasteiger partial charge in [0.2, 0.25) is 0 Å². The van der Waals surface area contributed by atoms with Gasteiger partial charge in [-0.15, -0.1) is 0 Å². The molecule has 3 heteroatoms. The van der Waals surface area contributed by atoms with Crippen molar-refractivity contribution in [2.24, 2.45) is 0 Å². The van der Waals surface area contributed by atoms with E-state index < -0.39 is 0 Å². The minimum atomic E-state index is 0.121. The predicted octanol–water partition coefficient (Wildman–Crippen LogP) is 5.72. The molecule has 0 aliphatic carbocycles. The molecule has 0 fully saturated rings. The number of aromatic nitrogens is 2. The van der Waals surface area contributed by atoms with Gasteiger partial charge in [-0.25, -0.2) is 4.98 Å². The summed E-state index contributed by atoms with van der Waals surface area (Å²) in [5.74, 6) is 1.19. The molecule has 4 rings (SSSR count). The summed E-state index contributed by atoms with van der Waals surface area (Å²) in [6, 6.07) is 29.9. The van der Waals surface area contributed by atoms with Gasteiger partial charge in [0.15, 0.2) is 0 Å². The van der Waals surface area contributed by atoms with Crippen LogP contribution in [0.3, 0.4) is 0 Å². The molecule has 0 saturated heterocycles. The first-order valence-electron chi connectivity index (χ1n) is 8.66. The van der Waals surface area contributed by atoms with Crippen LogP contribution in [0.15, 0.2) is 97.3 Å². The van der Waals surface area contributed by atoms with Crippen LogP contribution < -0.4 is 0 Å². The van der Waals surface area contributed by atoms with E-state index in [9.17, 15) is 0 Å². The summed E-state index contributed by atoms with van der Waals surface area (Å²) >= 11 is 2.36. The van der Waals surface area contributed by atoms with E-state index >= 15 is 0 Å². The maximum Gasteiger partial charge on any atom is 0.120 e. The van der Waals surface area contributed by atoms with E-state index in [1.54, 1.807) is 0 Å². The van der Waals surface area contributed by atoms with Crippen molar-refractivity contribution in [1.29, 1.82) is 0 Å². The molecule has 0 spiro atoms. The van der Waals surface area contributed by atoms with E-state index in [0.717, 1.165) is 12.4 Å². The van der Waals surface area contributed by atoms with Crippen molar-refractivity contribution in [3.63, 3.8) is 0 Å². The summed E-state index contributed by atoms with van der Waals surface area (Å²) in [5.41, 5.74) is 3.80. The molecule has 0 aliphatic rings. The molecular weight excluding hydrogens is 431 g/mol. The molecule has 0 radical (unpaired) electrons. The van der Waals surface area contributed by atoms with Crippen LogP contribution in [-0.2, 0) is 6.54 Å². The van der Waals surface area contributed by atoms with Gasteiger partial charge in [0.05, 0.1) is 5.92 Å². The molecule has 0 atom stereocenters. The molecule has 0 unspecified atom stereocenters. The second-order valence-electron chi connectivity index (χ2n) is 6.30. The highest BCUT2D eigenvalue weighted by Crippen LogP contribution is 2.31. The molecule has 1 aromatic heterocycles. The lowest BCUT2D eigenvalue weighted by Crippen LogP contribution is -2.12. The van der Waals surface area contributed by atoms with Gasteiger partial charge in [-0.05, 0) is 51.4 Å². The lowest BCUT2D eigenvalue weighted by molar-refractivity contribution is 0.705. The summed E-state index contributed by atoms with van der Waals surface area (Å²) in [6.45, 7) is 0.822. The molecule has 3 aromatic carbocycles. The third-order valence-corrected chi connectivity index (χ3v) is 5.18. The van der Waals surface area contributed by atoms with Crippen molar-refractivity contribution in [2.45, 2.75) is 12.5 Å². The largest absolute Gasteiger partial charge is 0.330 e. The molecular formula is C23H19IN2. The maximum absolute atomic E-state index is 4.75. The molecule has 0 aliphatic heterocycles. The van der Waals surface area contributed by atoms with Crippen LogP contribution in [-0.4, -0.2) is 9.55 Å². The lowest BCUT2D eigenvalue weighted by atomic mass is 9.90. The van der Waals surface area contributed by atoms with Crippen molar-refractivity contribution in [2.75, 3.05) is 0 Å². The van der Waals surface area contributed by atoms with Crippen molar-refractivity contribution in [3.8, 4) is 0 Å². The smallest absolute Gasteiger partial charge is 0.120 e. The van der Waals surface area contributed by atoms with Crippen LogP contribution in [0.25, 0.3) is 0 Å². The minimum absolute atomic E-state index is 0.121. The number of halogens is 1. The van der Waals surface area contributed by atoms with Crippen molar-refractivity contribution in [3.05, 3.63) is 123 Å². The van der Waals surface area contributed by atoms with E-state index in [-0.39, 0.29) is 5.92 Å². The van der Waals surface area contributed by atoms with Crippen molar-refractivity contribution in [1.82, 2.24) is 9.55 Å². The van der Waals surface area contributed by atoms with Gasteiger partial charge in [0, 0.05) is 22.5 Å². The first-order valence-corrected chi connectivity index (χ1v) is 9.74. The monoisotopic (exact) mass is 450 g/mol. The zero-order chi connectivity index (χ0) is 17.8. The van der Waals surface area contributed by atoms with Crippen molar-refractivity contribution >= 4 is 22.6 Å². The zero-order valence-electron chi connectivity index (χ0n) is 14.3. The Morgan fingerprint density at radius 3 is 2.08 bits per heavy atom. The molecule has 1 heterocycles. The fraction of sp³-hybridized carbons (Fsp3) is 0.0870. The van der Waals surface area contributed by atoms with Gasteiger partial charge < -0.3 is 4.57 Å². The number of imidazole rings is 1. The number of rotatable bonds is 5. The van der Waals surface area contributed by atoms with Gasteiger partial charge in [-0.1, -0.05) is 72.8 Å². The Morgan fingerprint density at radius 1 is 0.808 bits per heavy atom. The second kappa shape index (κ2) is 7.87. The van der Waals surface area contributed by atoms with Crippen LogP contribution in [0.2, 0.25) is 0 Å². The molecule has 0 N–H and O–H groups in total. The van der Waals surface area contributed by atoms with E-state index in [2.05, 4.69) is 118 Å². The highest BCUT2D eigenvalue weighted by molar-refractivity contribution is 14.1. The Kier molecular flexibility index (Phi) is 5.16. The fourth-order valence-corrected chi connectivity index (χ4v) is 3.94. The maximum atomic E-state index is 4.75. The van der Waals surface area contributed by atoms with Gasteiger partial charge in [0.25, 0.3) is 0 Å². The van der Waals surface area contributed by atoms with Crippen LogP contribution in [0, 0.1) is 3.57 Å². The standard InChI is InChI=1S/C23H19IN2/c24-21-13-7-8-18(16-21)17-26-15-14-25-23(26)22(19-9-3-1-4-10-19)20-11-5-2-6-12-20/h1-16,22H,17H2. The van der Waals surface area contributed by atoms with Gasteiger partial charge in [0.1, 0.15) is 5.82 Å². The normalized spacial score (nSPS) is 11.0. The van der Waals surface area contributed by atoms with Gasteiger partial charge in [-0.2, -0.15) is 0 Å². The lowest BCUT2D eigenvalue weighted by Gasteiger charge is -2.19. The summed E-state index contributed by atoms with van der Waals surface area (Å²) in [7, 11) is 0. The number of hydrogen-bond donors (Lipinski definition) is 0. The van der Waals surface area contributed by atoms with E-state index in [0.29, 0.717) is 0 Å². The summed E-state index contributed by atoms with van der Waals surface area (Å²) in [4.78, 5) is 4.75. The average molecular weight is 450 g/mol. The first kappa shape index (κ1) is 17.0. The minimum Gasteiger partial charge on any atom is -0.330 e. The zero-order valence-corrected chi connectivity index (χ0v) is 16.5. The SMILES string of the molecule is Ic1cccc(Cn2ccnc2C(c2ccccc2)c2ccccc2)c1. The third kappa shape index (κ3) is 3.73. The summed E-state index contributed by atoms with van der Waals surface area (Å²) in [5, 5.41) is 0. The highest BCUT2D eigenvalue weighted by atomic mass is 127. The van der Waals surface area contributed by atoms with Crippen LogP contribution in [0.5, 0.6) is 0 Å². The Labute approximate surface area is 167 Å². The molecule has 4 aromatic rings. The van der Waals surface area contributed by atoms with E-state index in [4.69, 9.17) is 4.98 Å². The topological polar surface area (TPSA) is 17.8 Å². The number of nitrogens with zero attached hydrogens (tertiary/aromatic N) is 2. The summed E-state index contributed by atoms with van der Waals surface area (Å²) in [6.07, 6.45) is 3.98.